The smallest absolute Gasteiger partial charge is 0.215 e. The van der Waals surface area contributed by atoms with Crippen molar-refractivity contribution in [2.45, 2.75) is 38.8 Å². The van der Waals surface area contributed by atoms with E-state index in [1.807, 2.05) is 13.8 Å². The van der Waals surface area contributed by atoms with Crippen LogP contribution in [0.1, 0.15) is 26.7 Å². The van der Waals surface area contributed by atoms with Crippen LogP contribution in [0.15, 0.2) is 0 Å². The number of nitrogens with zero attached hydrogens (tertiary/aromatic N) is 1. The van der Waals surface area contributed by atoms with E-state index in [0.717, 1.165) is 12.8 Å². The average Bonchev–Trinajstić information content (AvgIpc) is 2.84. The molecule has 0 atom stereocenters. The molecule has 1 aliphatic carbocycles. The zero-order chi connectivity index (χ0) is 10.8. The Hall–Kier alpha value is -0.130. The second kappa shape index (κ2) is 4.59. The van der Waals surface area contributed by atoms with Crippen LogP contribution >= 0.6 is 0 Å². The van der Waals surface area contributed by atoms with Gasteiger partial charge in [0.25, 0.3) is 0 Å². The van der Waals surface area contributed by atoms with E-state index in [1.165, 1.54) is 4.31 Å². The fourth-order valence-corrected chi connectivity index (χ4v) is 2.61. The molecule has 4 nitrogen and oxygen atoms in total. The Labute approximate surface area is 86.7 Å². The third kappa shape index (κ3) is 3.55. The fourth-order valence-electron chi connectivity index (χ4n) is 1.29. The van der Waals surface area contributed by atoms with Crippen LogP contribution in [0.5, 0.6) is 0 Å². The first kappa shape index (κ1) is 11.9. The summed E-state index contributed by atoms with van der Waals surface area (Å²) in [6.45, 7) is 4.56. The summed E-state index contributed by atoms with van der Waals surface area (Å²) in [5.74, 6) is 0.207. The first-order valence-electron chi connectivity index (χ1n) is 5.12. The molecule has 84 valence electrons. The molecule has 1 aliphatic rings. The van der Waals surface area contributed by atoms with Gasteiger partial charge in [-0.3, -0.25) is 0 Å². The summed E-state index contributed by atoms with van der Waals surface area (Å²) in [6.07, 6.45) is 2.04. The Bertz CT molecular complexity index is 271. The van der Waals surface area contributed by atoms with Gasteiger partial charge in [-0.25, -0.2) is 12.7 Å². The molecule has 0 amide bonds. The molecule has 0 saturated heterocycles. The summed E-state index contributed by atoms with van der Waals surface area (Å²) in [4.78, 5) is 0. The zero-order valence-electron chi connectivity index (χ0n) is 9.16. The standard InChI is InChI=1S/C9H20N2O2S/c1-8(2)10-6-7-14(12,13)11(3)9-4-5-9/h8-10H,4-7H2,1-3H3. The molecule has 0 aromatic carbocycles. The van der Waals surface area contributed by atoms with Gasteiger partial charge in [0.05, 0.1) is 5.75 Å². The highest BCUT2D eigenvalue weighted by atomic mass is 32.2. The van der Waals surface area contributed by atoms with Crippen LogP contribution in [0, 0.1) is 0 Å². The van der Waals surface area contributed by atoms with Crippen LogP contribution in [0.2, 0.25) is 0 Å². The fraction of sp³-hybridized carbons (Fsp3) is 1.00. The van der Waals surface area contributed by atoms with Crippen molar-refractivity contribution in [1.29, 1.82) is 0 Å². The molecule has 1 N–H and O–H groups in total. The molecule has 0 aromatic rings. The monoisotopic (exact) mass is 220 g/mol. The third-order valence-electron chi connectivity index (χ3n) is 2.41. The molecule has 0 unspecified atom stereocenters. The lowest BCUT2D eigenvalue weighted by molar-refractivity contribution is 0.461. The minimum absolute atomic E-state index is 0.207. The van der Waals surface area contributed by atoms with Crippen LogP contribution in [0.4, 0.5) is 0 Å². The van der Waals surface area contributed by atoms with E-state index in [9.17, 15) is 8.42 Å². The summed E-state index contributed by atoms with van der Waals surface area (Å²) < 4.78 is 24.9. The second-order valence-electron chi connectivity index (χ2n) is 4.17. The predicted octanol–water partition coefficient (Wildman–Crippen LogP) is 0.408. The van der Waals surface area contributed by atoms with Crippen molar-refractivity contribution in [2.75, 3.05) is 19.3 Å². The molecular formula is C9H20N2O2S. The van der Waals surface area contributed by atoms with Gasteiger partial charge in [0.15, 0.2) is 0 Å². The number of sulfonamides is 1. The Morgan fingerprint density at radius 1 is 1.43 bits per heavy atom. The molecule has 0 aliphatic heterocycles. The van der Waals surface area contributed by atoms with Crippen LogP contribution < -0.4 is 5.32 Å². The lowest BCUT2D eigenvalue weighted by Crippen LogP contribution is -2.36. The van der Waals surface area contributed by atoms with Gasteiger partial charge in [-0.2, -0.15) is 0 Å². The summed E-state index contributed by atoms with van der Waals surface area (Å²) in [6, 6.07) is 0.621. The van der Waals surface area contributed by atoms with Gasteiger partial charge in [0.2, 0.25) is 10.0 Å². The van der Waals surface area contributed by atoms with Crippen molar-refractivity contribution in [1.82, 2.24) is 9.62 Å². The first-order valence-corrected chi connectivity index (χ1v) is 6.73. The van der Waals surface area contributed by atoms with Crippen LogP contribution in [-0.2, 0) is 10.0 Å². The molecule has 1 fully saturated rings. The Kier molecular flexibility index (Phi) is 3.92. The Morgan fingerprint density at radius 2 is 2.00 bits per heavy atom. The maximum atomic E-state index is 11.7. The van der Waals surface area contributed by atoms with Gasteiger partial charge in [0.1, 0.15) is 0 Å². The van der Waals surface area contributed by atoms with E-state index in [-0.39, 0.29) is 11.8 Å². The second-order valence-corrected chi connectivity index (χ2v) is 6.32. The topological polar surface area (TPSA) is 49.4 Å². The molecular weight excluding hydrogens is 200 g/mol. The van der Waals surface area contributed by atoms with Gasteiger partial charge in [-0.15, -0.1) is 0 Å². The van der Waals surface area contributed by atoms with Crippen LogP contribution in [0.3, 0.4) is 0 Å². The molecule has 5 heteroatoms. The third-order valence-corrected chi connectivity index (χ3v) is 4.31. The SMILES string of the molecule is CC(C)NCCS(=O)(=O)N(C)C1CC1. The maximum absolute atomic E-state index is 11.7. The molecule has 1 rings (SSSR count). The predicted molar refractivity (Wildman–Crippen MR) is 57.7 cm³/mol. The van der Waals surface area contributed by atoms with E-state index in [4.69, 9.17) is 0 Å². The lowest BCUT2D eigenvalue weighted by Gasteiger charge is -2.17. The van der Waals surface area contributed by atoms with E-state index in [2.05, 4.69) is 5.32 Å². The van der Waals surface area contributed by atoms with Gasteiger partial charge in [-0.1, -0.05) is 13.8 Å². The summed E-state index contributed by atoms with van der Waals surface area (Å²) in [5.41, 5.74) is 0. The van der Waals surface area contributed by atoms with Crippen molar-refractivity contribution in [3.05, 3.63) is 0 Å². The van der Waals surface area contributed by atoms with E-state index >= 15 is 0 Å². The van der Waals surface area contributed by atoms with E-state index in [1.54, 1.807) is 7.05 Å². The largest absolute Gasteiger partial charge is 0.313 e. The zero-order valence-corrected chi connectivity index (χ0v) is 9.97. The molecule has 0 heterocycles. The van der Waals surface area contributed by atoms with Crippen molar-refractivity contribution in [3.8, 4) is 0 Å². The quantitative estimate of drug-likeness (QED) is 0.705. The van der Waals surface area contributed by atoms with Crippen molar-refractivity contribution in [3.63, 3.8) is 0 Å². The van der Waals surface area contributed by atoms with Crippen molar-refractivity contribution < 1.29 is 8.42 Å². The highest BCUT2D eigenvalue weighted by molar-refractivity contribution is 7.89. The van der Waals surface area contributed by atoms with Gasteiger partial charge in [-0.05, 0) is 12.8 Å². The summed E-state index contributed by atoms with van der Waals surface area (Å²) in [7, 11) is -1.34. The van der Waals surface area contributed by atoms with Crippen molar-refractivity contribution >= 4 is 10.0 Å². The first-order chi connectivity index (χ1) is 6.43. The van der Waals surface area contributed by atoms with Gasteiger partial charge in [0, 0.05) is 25.7 Å². The summed E-state index contributed by atoms with van der Waals surface area (Å²) in [5, 5.41) is 3.11. The van der Waals surface area contributed by atoms with Gasteiger partial charge >= 0.3 is 0 Å². The maximum Gasteiger partial charge on any atom is 0.215 e. The minimum Gasteiger partial charge on any atom is -0.313 e. The van der Waals surface area contributed by atoms with E-state index < -0.39 is 10.0 Å². The van der Waals surface area contributed by atoms with Crippen molar-refractivity contribution in [2.24, 2.45) is 0 Å². The highest BCUT2D eigenvalue weighted by Crippen LogP contribution is 2.27. The molecule has 0 bridgehead atoms. The summed E-state index contributed by atoms with van der Waals surface area (Å²) >= 11 is 0. The number of hydrogen-bond donors (Lipinski definition) is 1. The lowest BCUT2D eigenvalue weighted by atomic mass is 10.4. The van der Waals surface area contributed by atoms with Crippen LogP contribution in [-0.4, -0.2) is 44.2 Å². The molecule has 14 heavy (non-hydrogen) atoms. The minimum atomic E-state index is -3.02. The number of nitrogens with one attached hydrogen (secondary N) is 1. The number of hydrogen-bond acceptors (Lipinski definition) is 3. The average molecular weight is 220 g/mol. The number of rotatable bonds is 6. The highest BCUT2D eigenvalue weighted by Gasteiger charge is 2.33. The normalized spacial score (nSPS) is 18.1. The van der Waals surface area contributed by atoms with Crippen LogP contribution in [0.25, 0.3) is 0 Å². The molecule has 0 aromatic heterocycles. The Morgan fingerprint density at radius 3 is 2.43 bits per heavy atom. The van der Waals surface area contributed by atoms with E-state index in [0.29, 0.717) is 12.6 Å². The molecule has 0 spiro atoms. The van der Waals surface area contributed by atoms with Gasteiger partial charge < -0.3 is 5.32 Å². The molecule has 0 radical (unpaired) electrons. The Balaban J connectivity index is 2.33. The molecule has 1 saturated carbocycles.